The van der Waals surface area contributed by atoms with E-state index >= 15 is 0 Å². The van der Waals surface area contributed by atoms with Gasteiger partial charge in [0, 0.05) is 18.0 Å². The third-order valence-electron chi connectivity index (χ3n) is 4.91. The molecule has 3 aromatic rings. The lowest BCUT2D eigenvalue weighted by atomic mass is 9.98. The third-order valence-corrected chi connectivity index (χ3v) is 4.91. The molecule has 0 fully saturated rings. The number of halogens is 9. The first-order valence-corrected chi connectivity index (χ1v) is 11.2. The predicted octanol–water partition coefficient (Wildman–Crippen LogP) is 7.06. The number of aliphatic carboxylic acids is 1. The molecule has 0 saturated carbocycles. The molecule has 1 atom stereocenters. The van der Waals surface area contributed by atoms with Gasteiger partial charge < -0.3 is 20.5 Å². The largest absolute Gasteiger partial charge is 0.494 e. The van der Waals surface area contributed by atoms with E-state index in [0.717, 1.165) is 42.6 Å². The number of aromatic nitrogens is 1. The van der Waals surface area contributed by atoms with Crippen molar-refractivity contribution in [1.82, 2.24) is 10.3 Å². The van der Waals surface area contributed by atoms with Gasteiger partial charge in [-0.3, -0.25) is 4.98 Å². The molecule has 0 spiro atoms. The standard InChI is InChI=1S/C23H19F6N3O2.C2HF3O2/c1-2-34-17-6-3-5-16(13-17)31-21(33)32-19(14-8-10-15(11-9-14)22(24,25)26)20-18(23(27,28)29)7-4-12-30-20;3-2(4,5)1(6)7/h3-13,19H,2H2,1H3,(H2,31,32,33);(H,6,7)/t19-;/m0./s1. The van der Waals surface area contributed by atoms with E-state index in [1.807, 2.05) is 0 Å². The molecule has 0 aliphatic rings. The fourth-order valence-electron chi connectivity index (χ4n) is 3.19. The number of hydrogen-bond acceptors (Lipinski definition) is 4. The van der Waals surface area contributed by atoms with Crippen LogP contribution in [0.2, 0.25) is 0 Å². The maximum absolute atomic E-state index is 13.6. The summed E-state index contributed by atoms with van der Waals surface area (Å²) in [5.41, 5.74) is -2.39. The Morgan fingerprint density at radius 3 is 2.02 bits per heavy atom. The Labute approximate surface area is 226 Å². The quantitative estimate of drug-likeness (QED) is 0.264. The molecule has 0 saturated heterocycles. The number of nitrogens with zero attached hydrogens (tertiary/aromatic N) is 1. The fourth-order valence-corrected chi connectivity index (χ4v) is 3.19. The van der Waals surface area contributed by atoms with Gasteiger partial charge in [-0.15, -0.1) is 0 Å². The van der Waals surface area contributed by atoms with Crippen molar-refractivity contribution in [2.75, 3.05) is 11.9 Å². The number of carboxylic acids is 1. The molecule has 2 amide bonds. The third kappa shape index (κ3) is 9.88. The number of alkyl halides is 9. The van der Waals surface area contributed by atoms with Crippen LogP contribution < -0.4 is 15.4 Å². The number of urea groups is 1. The molecule has 3 rings (SSSR count). The molecule has 1 aromatic heterocycles. The Bertz CT molecular complexity index is 1330. The average Bonchev–Trinajstić information content (AvgIpc) is 2.87. The van der Waals surface area contributed by atoms with Crippen molar-refractivity contribution >= 4 is 17.7 Å². The molecule has 0 bridgehead atoms. The molecule has 1 heterocycles. The number of nitrogens with one attached hydrogen (secondary N) is 2. The van der Waals surface area contributed by atoms with E-state index in [0.29, 0.717) is 18.0 Å². The molecule has 222 valence electrons. The van der Waals surface area contributed by atoms with Crippen LogP contribution in [0, 0.1) is 0 Å². The predicted molar refractivity (Wildman–Crippen MR) is 126 cm³/mol. The van der Waals surface area contributed by atoms with E-state index in [2.05, 4.69) is 15.6 Å². The van der Waals surface area contributed by atoms with Crippen LogP contribution in [0.15, 0.2) is 66.9 Å². The molecule has 0 aliphatic carbocycles. The summed E-state index contributed by atoms with van der Waals surface area (Å²) in [6, 6.07) is 9.24. The number of hydrogen-bond donors (Lipinski definition) is 3. The summed E-state index contributed by atoms with van der Waals surface area (Å²) in [6.45, 7) is 2.15. The number of carbonyl (C=O) groups excluding carboxylic acids is 1. The van der Waals surface area contributed by atoms with E-state index < -0.39 is 53.4 Å². The van der Waals surface area contributed by atoms with Crippen LogP contribution in [-0.4, -0.2) is 34.9 Å². The van der Waals surface area contributed by atoms with Crippen LogP contribution >= 0.6 is 0 Å². The Balaban J connectivity index is 0.000000745. The van der Waals surface area contributed by atoms with Gasteiger partial charge in [0.05, 0.1) is 29.5 Å². The van der Waals surface area contributed by atoms with Gasteiger partial charge in [0.25, 0.3) is 0 Å². The van der Waals surface area contributed by atoms with Gasteiger partial charge in [-0.1, -0.05) is 18.2 Å². The van der Waals surface area contributed by atoms with Crippen LogP contribution in [0.25, 0.3) is 0 Å². The number of pyridine rings is 1. The molecule has 2 aromatic carbocycles. The second-order valence-electron chi connectivity index (χ2n) is 7.85. The van der Waals surface area contributed by atoms with Crippen molar-refractivity contribution in [2.24, 2.45) is 0 Å². The van der Waals surface area contributed by atoms with Crippen LogP contribution in [0.4, 0.5) is 50.0 Å². The number of anilines is 1. The Morgan fingerprint density at radius 2 is 1.51 bits per heavy atom. The summed E-state index contributed by atoms with van der Waals surface area (Å²) in [7, 11) is 0. The number of amides is 2. The Morgan fingerprint density at radius 1 is 0.902 bits per heavy atom. The summed E-state index contributed by atoms with van der Waals surface area (Å²) in [6.07, 6.45) is -13.4. The Kier molecular flexibility index (Phi) is 10.6. The molecule has 7 nitrogen and oxygen atoms in total. The second-order valence-corrected chi connectivity index (χ2v) is 7.85. The molecule has 0 aliphatic heterocycles. The SMILES string of the molecule is CCOc1cccc(NC(=O)N[C@@H](c2ccc(C(F)(F)F)cc2)c2ncccc2C(F)(F)F)c1.O=C(O)C(F)(F)F. The van der Waals surface area contributed by atoms with Crippen molar-refractivity contribution in [2.45, 2.75) is 31.5 Å². The van der Waals surface area contributed by atoms with Crippen LogP contribution in [0.1, 0.15) is 35.3 Å². The number of benzene rings is 2. The number of carboxylic acid groups (broad SMARTS) is 1. The van der Waals surface area contributed by atoms with E-state index in [-0.39, 0.29) is 5.56 Å². The summed E-state index contributed by atoms with van der Waals surface area (Å²) in [5.74, 6) is -2.30. The minimum absolute atomic E-state index is 0.0181. The zero-order valence-electron chi connectivity index (χ0n) is 20.7. The summed E-state index contributed by atoms with van der Waals surface area (Å²) in [4.78, 5) is 25.4. The first-order valence-electron chi connectivity index (χ1n) is 11.2. The summed E-state index contributed by atoms with van der Waals surface area (Å²) < 4.78 is 117. The van der Waals surface area contributed by atoms with Crippen molar-refractivity contribution in [1.29, 1.82) is 0 Å². The lowest BCUT2D eigenvalue weighted by Crippen LogP contribution is -2.35. The highest BCUT2D eigenvalue weighted by Gasteiger charge is 2.39. The van der Waals surface area contributed by atoms with Gasteiger partial charge in [0.15, 0.2) is 0 Å². The summed E-state index contributed by atoms with van der Waals surface area (Å²) >= 11 is 0. The molecular formula is C25H20F9N3O4. The van der Waals surface area contributed by atoms with Crippen molar-refractivity contribution in [3.05, 3.63) is 89.2 Å². The maximum Gasteiger partial charge on any atom is 0.490 e. The average molecular weight is 597 g/mol. The van der Waals surface area contributed by atoms with Crippen LogP contribution in [0.3, 0.4) is 0 Å². The van der Waals surface area contributed by atoms with Gasteiger partial charge in [0.2, 0.25) is 0 Å². The molecule has 16 heteroatoms. The normalized spacial score (nSPS) is 12.4. The van der Waals surface area contributed by atoms with Crippen molar-refractivity contribution in [3.8, 4) is 5.75 Å². The van der Waals surface area contributed by atoms with Gasteiger partial charge >= 0.3 is 30.5 Å². The van der Waals surface area contributed by atoms with E-state index in [1.54, 1.807) is 19.1 Å². The fraction of sp³-hybridized carbons (Fsp3) is 0.240. The van der Waals surface area contributed by atoms with E-state index in [9.17, 15) is 44.3 Å². The summed E-state index contributed by atoms with van der Waals surface area (Å²) in [5, 5.41) is 12.0. The van der Waals surface area contributed by atoms with Crippen molar-refractivity contribution < 1.29 is 58.9 Å². The molecule has 3 N–H and O–H groups in total. The van der Waals surface area contributed by atoms with Gasteiger partial charge in [-0.2, -0.15) is 39.5 Å². The number of rotatable bonds is 6. The van der Waals surface area contributed by atoms with E-state index in [1.165, 1.54) is 12.1 Å². The molecular weight excluding hydrogens is 577 g/mol. The highest BCUT2D eigenvalue weighted by atomic mass is 19.4. The van der Waals surface area contributed by atoms with Crippen LogP contribution in [-0.2, 0) is 17.1 Å². The monoisotopic (exact) mass is 597 g/mol. The minimum atomic E-state index is -5.08. The lowest BCUT2D eigenvalue weighted by molar-refractivity contribution is -0.192. The maximum atomic E-state index is 13.6. The second kappa shape index (κ2) is 13.2. The highest BCUT2D eigenvalue weighted by Crippen LogP contribution is 2.36. The lowest BCUT2D eigenvalue weighted by Gasteiger charge is -2.23. The minimum Gasteiger partial charge on any atom is -0.494 e. The number of carbonyl (C=O) groups is 2. The molecule has 0 radical (unpaired) electrons. The van der Waals surface area contributed by atoms with Crippen LogP contribution in [0.5, 0.6) is 5.75 Å². The molecule has 0 unspecified atom stereocenters. The van der Waals surface area contributed by atoms with Gasteiger partial charge in [-0.05, 0) is 48.9 Å². The highest BCUT2D eigenvalue weighted by molar-refractivity contribution is 5.90. The zero-order chi connectivity index (χ0) is 31.0. The smallest absolute Gasteiger partial charge is 0.490 e. The number of ether oxygens (including phenoxy) is 1. The van der Waals surface area contributed by atoms with Gasteiger partial charge in [0.1, 0.15) is 5.75 Å². The zero-order valence-corrected chi connectivity index (χ0v) is 20.7. The Hall–Kier alpha value is -4.50. The first kappa shape index (κ1) is 32.7. The molecule has 41 heavy (non-hydrogen) atoms. The van der Waals surface area contributed by atoms with Crippen molar-refractivity contribution in [3.63, 3.8) is 0 Å². The first-order chi connectivity index (χ1) is 18.9. The topological polar surface area (TPSA) is 101 Å². The van der Waals surface area contributed by atoms with E-state index in [4.69, 9.17) is 14.6 Å². The van der Waals surface area contributed by atoms with Gasteiger partial charge in [-0.25, -0.2) is 9.59 Å².